The molecule has 0 saturated heterocycles. The fourth-order valence-corrected chi connectivity index (χ4v) is 4.21. The predicted octanol–water partition coefficient (Wildman–Crippen LogP) is 6.13. The summed E-state index contributed by atoms with van der Waals surface area (Å²) in [7, 11) is 0. The van der Waals surface area contributed by atoms with Crippen molar-refractivity contribution in [3.8, 4) is 17.1 Å². The van der Waals surface area contributed by atoms with E-state index in [0.29, 0.717) is 12.2 Å². The van der Waals surface area contributed by atoms with Crippen molar-refractivity contribution in [2.45, 2.75) is 18.5 Å². The number of halogens is 1. The van der Waals surface area contributed by atoms with Gasteiger partial charge in [0, 0.05) is 33.6 Å². The van der Waals surface area contributed by atoms with E-state index in [1.165, 1.54) is 17.3 Å². The van der Waals surface area contributed by atoms with Crippen molar-refractivity contribution in [1.82, 2.24) is 14.8 Å². The monoisotopic (exact) mass is 492 g/mol. The fraction of sp³-hybridized carbons (Fsp3) is 0.125. The van der Waals surface area contributed by atoms with E-state index >= 15 is 0 Å². The summed E-state index contributed by atoms with van der Waals surface area (Å²) in [6.07, 6.45) is 0.377. The lowest BCUT2D eigenvalue weighted by Gasteiger charge is -2.10. The highest BCUT2D eigenvalue weighted by Crippen LogP contribution is 2.28. The minimum Gasteiger partial charge on any atom is -0.326 e. The van der Waals surface area contributed by atoms with Gasteiger partial charge in [0.1, 0.15) is 0 Å². The largest absolute Gasteiger partial charge is 0.326 e. The molecule has 3 aromatic carbocycles. The molecule has 4 aromatic rings. The number of aryl methyl sites for hydroxylation is 1. The Balaban J connectivity index is 1.49. The summed E-state index contributed by atoms with van der Waals surface area (Å²) in [6, 6.07) is 25.8. The quantitative estimate of drug-likeness (QED) is 0.315. The average molecular weight is 493 g/mol. The highest BCUT2D eigenvalue weighted by atomic mass is 79.9. The van der Waals surface area contributed by atoms with Gasteiger partial charge < -0.3 is 5.32 Å². The van der Waals surface area contributed by atoms with Gasteiger partial charge in [-0.1, -0.05) is 75.7 Å². The molecule has 0 atom stereocenters. The summed E-state index contributed by atoms with van der Waals surface area (Å²) in [5.74, 6) is 1.36. The molecule has 0 bridgehead atoms. The number of carbonyl (C=O) groups is 1. The van der Waals surface area contributed by atoms with Crippen LogP contribution in [0.2, 0.25) is 0 Å². The summed E-state index contributed by atoms with van der Waals surface area (Å²) in [4.78, 5) is 12.3. The van der Waals surface area contributed by atoms with Crippen LogP contribution in [-0.4, -0.2) is 26.4 Å². The second-order valence-corrected chi connectivity index (χ2v) is 8.97. The molecular weight excluding hydrogens is 472 g/mol. The Bertz CT molecular complexity index is 1160. The van der Waals surface area contributed by atoms with E-state index in [1.54, 1.807) is 0 Å². The third-order valence-corrected chi connectivity index (χ3v) is 6.11. The first kappa shape index (κ1) is 21.3. The second kappa shape index (κ2) is 9.94. The number of aromatic nitrogens is 3. The molecule has 156 valence electrons. The van der Waals surface area contributed by atoms with Crippen molar-refractivity contribution in [2.24, 2.45) is 0 Å². The van der Waals surface area contributed by atoms with Gasteiger partial charge in [0.2, 0.25) is 5.91 Å². The van der Waals surface area contributed by atoms with Crippen molar-refractivity contribution in [3.05, 3.63) is 88.9 Å². The summed E-state index contributed by atoms with van der Waals surface area (Å²) in [6.45, 7) is 2.06. The number of thioether (sulfide) groups is 1. The van der Waals surface area contributed by atoms with E-state index < -0.39 is 0 Å². The molecule has 0 aliphatic carbocycles. The maximum absolute atomic E-state index is 12.3. The van der Waals surface area contributed by atoms with Crippen LogP contribution in [0.25, 0.3) is 17.1 Å². The fourth-order valence-electron chi connectivity index (χ4n) is 3.05. The van der Waals surface area contributed by atoms with Crippen LogP contribution >= 0.6 is 27.7 Å². The van der Waals surface area contributed by atoms with Crippen LogP contribution in [-0.2, 0) is 4.79 Å². The summed E-state index contributed by atoms with van der Waals surface area (Å²) in [5.41, 5.74) is 3.97. The molecule has 0 spiro atoms. The van der Waals surface area contributed by atoms with Gasteiger partial charge in [-0.05, 0) is 43.3 Å². The van der Waals surface area contributed by atoms with E-state index in [1.807, 2.05) is 59.2 Å². The molecular formula is C24H21BrN4OS. The van der Waals surface area contributed by atoms with Gasteiger partial charge in [-0.3, -0.25) is 9.36 Å². The molecule has 4 rings (SSSR count). The molecule has 1 N–H and O–H groups in total. The maximum atomic E-state index is 12.3. The number of para-hydroxylation sites is 1. The smallest absolute Gasteiger partial charge is 0.225 e. The lowest BCUT2D eigenvalue weighted by Crippen LogP contribution is -2.12. The van der Waals surface area contributed by atoms with Crippen molar-refractivity contribution in [2.75, 3.05) is 11.1 Å². The average Bonchev–Trinajstić information content (AvgIpc) is 3.20. The summed E-state index contributed by atoms with van der Waals surface area (Å²) >= 11 is 4.92. The Morgan fingerprint density at radius 3 is 2.39 bits per heavy atom. The van der Waals surface area contributed by atoms with Crippen LogP contribution in [0.5, 0.6) is 0 Å². The molecule has 0 unspecified atom stereocenters. The van der Waals surface area contributed by atoms with Gasteiger partial charge in [-0.25, -0.2) is 0 Å². The number of hydrogen-bond donors (Lipinski definition) is 1. The van der Waals surface area contributed by atoms with E-state index in [2.05, 4.69) is 62.6 Å². The minimum absolute atomic E-state index is 0.0284. The van der Waals surface area contributed by atoms with Crippen molar-refractivity contribution in [1.29, 1.82) is 0 Å². The topological polar surface area (TPSA) is 59.8 Å². The van der Waals surface area contributed by atoms with Crippen LogP contribution in [0.4, 0.5) is 5.69 Å². The minimum atomic E-state index is -0.0284. The maximum Gasteiger partial charge on any atom is 0.225 e. The number of benzene rings is 3. The molecule has 0 aliphatic heterocycles. The van der Waals surface area contributed by atoms with Gasteiger partial charge in [-0.15, -0.1) is 10.2 Å². The predicted molar refractivity (Wildman–Crippen MR) is 130 cm³/mol. The summed E-state index contributed by atoms with van der Waals surface area (Å²) < 4.78 is 3.02. The van der Waals surface area contributed by atoms with Gasteiger partial charge >= 0.3 is 0 Å². The number of rotatable bonds is 7. The lowest BCUT2D eigenvalue weighted by molar-refractivity contribution is -0.115. The molecule has 7 heteroatoms. The van der Waals surface area contributed by atoms with E-state index in [0.717, 1.165) is 32.4 Å². The first-order valence-electron chi connectivity index (χ1n) is 9.86. The standard InChI is InChI=1S/C24H21BrN4OS/c1-17-7-9-18(10-8-17)23-27-28-24(29(23)21-5-3-2-4-6-21)31-16-15-22(30)26-20-13-11-19(25)12-14-20/h2-14H,15-16H2,1H3,(H,26,30). The van der Waals surface area contributed by atoms with Gasteiger partial charge in [0.25, 0.3) is 0 Å². The van der Waals surface area contributed by atoms with Crippen LogP contribution in [0.3, 0.4) is 0 Å². The van der Waals surface area contributed by atoms with Gasteiger partial charge in [-0.2, -0.15) is 0 Å². The molecule has 5 nitrogen and oxygen atoms in total. The van der Waals surface area contributed by atoms with Gasteiger partial charge in [0.15, 0.2) is 11.0 Å². The Hall–Kier alpha value is -2.90. The normalized spacial score (nSPS) is 10.8. The summed E-state index contributed by atoms with van der Waals surface area (Å²) in [5, 5.41) is 12.6. The number of carbonyl (C=O) groups excluding carboxylic acids is 1. The molecule has 0 fully saturated rings. The van der Waals surface area contributed by atoms with Gasteiger partial charge in [0.05, 0.1) is 0 Å². The molecule has 1 amide bonds. The van der Waals surface area contributed by atoms with E-state index in [9.17, 15) is 4.79 Å². The first-order chi connectivity index (χ1) is 15.1. The number of nitrogens with zero attached hydrogens (tertiary/aromatic N) is 3. The Kier molecular flexibility index (Phi) is 6.84. The zero-order valence-corrected chi connectivity index (χ0v) is 19.4. The van der Waals surface area contributed by atoms with E-state index in [4.69, 9.17) is 0 Å². The van der Waals surface area contributed by atoms with Crippen LogP contribution in [0.1, 0.15) is 12.0 Å². The number of nitrogens with one attached hydrogen (secondary N) is 1. The third-order valence-electron chi connectivity index (χ3n) is 4.65. The first-order valence-corrected chi connectivity index (χ1v) is 11.6. The number of anilines is 1. The van der Waals surface area contributed by atoms with Crippen LogP contribution in [0, 0.1) is 6.92 Å². The Morgan fingerprint density at radius 1 is 0.968 bits per heavy atom. The van der Waals surface area contributed by atoms with Crippen LogP contribution in [0.15, 0.2) is 88.5 Å². The number of amides is 1. The van der Waals surface area contributed by atoms with Crippen molar-refractivity contribution < 1.29 is 4.79 Å². The highest BCUT2D eigenvalue weighted by Gasteiger charge is 2.16. The Morgan fingerprint density at radius 2 is 1.68 bits per heavy atom. The third kappa shape index (κ3) is 5.42. The Labute approximate surface area is 194 Å². The number of hydrogen-bond acceptors (Lipinski definition) is 4. The SMILES string of the molecule is Cc1ccc(-c2nnc(SCCC(=O)Nc3ccc(Br)cc3)n2-c2ccccc2)cc1. The lowest BCUT2D eigenvalue weighted by atomic mass is 10.1. The second-order valence-electron chi connectivity index (χ2n) is 7.00. The molecule has 0 radical (unpaired) electrons. The molecule has 1 heterocycles. The molecule has 0 saturated carbocycles. The molecule has 0 aliphatic rings. The molecule has 1 aromatic heterocycles. The zero-order valence-electron chi connectivity index (χ0n) is 17.0. The zero-order chi connectivity index (χ0) is 21.6. The van der Waals surface area contributed by atoms with Crippen molar-refractivity contribution >= 4 is 39.3 Å². The van der Waals surface area contributed by atoms with E-state index in [-0.39, 0.29) is 5.91 Å². The molecule has 31 heavy (non-hydrogen) atoms. The van der Waals surface area contributed by atoms with Crippen molar-refractivity contribution in [3.63, 3.8) is 0 Å². The highest BCUT2D eigenvalue weighted by molar-refractivity contribution is 9.10. The van der Waals surface area contributed by atoms with Crippen LogP contribution < -0.4 is 5.32 Å².